The van der Waals surface area contributed by atoms with Gasteiger partial charge in [0.1, 0.15) is 0 Å². The Morgan fingerprint density at radius 2 is 1.67 bits per heavy atom. The standard InChI is InChI=1S/C10H16O4.Na.H/c1-9(2)6(7(11)12)4-5-10(9,3)8(13)14;;/h6H,4-5H2,1-3H3,(H,11,12)(H,13,14);;/t6-,10+;;/m0../s1. The van der Waals surface area contributed by atoms with Gasteiger partial charge in [-0.15, -0.1) is 0 Å². The number of carbonyl (C=O) groups is 2. The normalized spacial score (nSPS) is 33.1. The Balaban J connectivity index is 0.00000196. The van der Waals surface area contributed by atoms with Crippen molar-refractivity contribution in [3.05, 3.63) is 0 Å². The molecule has 1 aliphatic carbocycles. The van der Waals surface area contributed by atoms with Crippen LogP contribution in [0.2, 0.25) is 0 Å². The van der Waals surface area contributed by atoms with E-state index in [0.717, 1.165) is 0 Å². The van der Waals surface area contributed by atoms with Crippen LogP contribution in [0.25, 0.3) is 0 Å². The number of carboxylic acids is 2. The van der Waals surface area contributed by atoms with Crippen LogP contribution < -0.4 is 0 Å². The van der Waals surface area contributed by atoms with Crippen molar-refractivity contribution in [2.45, 2.75) is 33.6 Å². The minimum absolute atomic E-state index is 0. The maximum atomic E-state index is 11.1. The third-order valence-corrected chi connectivity index (χ3v) is 4.00. The summed E-state index contributed by atoms with van der Waals surface area (Å²) < 4.78 is 0. The van der Waals surface area contributed by atoms with Gasteiger partial charge in [-0.1, -0.05) is 13.8 Å². The summed E-state index contributed by atoms with van der Waals surface area (Å²) in [6.45, 7) is 5.10. The van der Waals surface area contributed by atoms with Gasteiger partial charge in [0.2, 0.25) is 0 Å². The molecule has 0 spiro atoms. The molecule has 1 fully saturated rings. The zero-order chi connectivity index (χ0) is 11.1. The third kappa shape index (κ3) is 2.08. The molecule has 82 valence electrons. The monoisotopic (exact) mass is 224 g/mol. The average Bonchev–Trinajstić information content (AvgIpc) is 2.24. The number of hydrogen-bond donors (Lipinski definition) is 2. The van der Waals surface area contributed by atoms with Crippen molar-refractivity contribution in [3.8, 4) is 0 Å². The van der Waals surface area contributed by atoms with Crippen LogP contribution in [0.4, 0.5) is 0 Å². The van der Waals surface area contributed by atoms with Gasteiger partial charge in [0.05, 0.1) is 11.3 Å². The van der Waals surface area contributed by atoms with E-state index >= 15 is 0 Å². The molecule has 0 aliphatic heterocycles. The van der Waals surface area contributed by atoms with Gasteiger partial charge in [-0.05, 0) is 25.2 Å². The Bertz CT molecular complexity index is 287. The Morgan fingerprint density at radius 1 is 1.20 bits per heavy atom. The van der Waals surface area contributed by atoms with Crippen LogP contribution in [-0.2, 0) is 9.59 Å². The summed E-state index contributed by atoms with van der Waals surface area (Å²) in [7, 11) is 0. The third-order valence-electron chi connectivity index (χ3n) is 4.00. The maximum absolute atomic E-state index is 11.1. The second-order valence-electron chi connectivity index (χ2n) is 4.79. The zero-order valence-electron chi connectivity index (χ0n) is 8.70. The molecule has 1 aliphatic rings. The van der Waals surface area contributed by atoms with E-state index in [1.54, 1.807) is 20.8 Å². The van der Waals surface area contributed by atoms with Gasteiger partial charge < -0.3 is 10.2 Å². The Labute approximate surface area is 111 Å². The zero-order valence-corrected chi connectivity index (χ0v) is 8.70. The molecular weight excluding hydrogens is 207 g/mol. The molecule has 0 bridgehead atoms. The quantitative estimate of drug-likeness (QED) is 0.685. The van der Waals surface area contributed by atoms with Crippen LogP contribution >= 0.6 is 0 Å². The summed E-state index contributed by atoms with van der Waals surface area (Å²) in [5, 5.41) is 18.1. The van der Waals surface area contributed by atoms with Gasteiger partial charge in [0.15, 0.2) is 0 Å². The molecule has 0 amide bonds. The van der Waals surface area contributed by atoms with Crippen molar-refractivity contribution in [1.82, 2.24) is 0 Å². The van der Waals surface area contributed by atoms with E-state index in [1.807, 2.05) is 0 Å². The fourth-order valence-electron chi connectivity index (χ4n) is 2.32. The van der Waals surface area contributed by atoms with Crippen molar-refractivity contribution in [1.29, 1.82) is 0 Å². The van der Waals surface area contributed by atoms with E-state index in [-0.39, 0.29) is 29.6 Å². The molecule has 0 heterocycles. The number of aliphatic carboxylic acids is 2. The molecule has 0 aromatic carbocycles. The Hall–Kier alpha value is -0.0600. The molecule has 4 nitrogen and oxygen atoms in total. The van der Waals surface area contributed by atoms with Gasteiger partial charge in [-0.3, -0.25) is 9.59 Å². The van der Waals surface area contributed by atoms with Crippen molar-refractivity contribution in [2.24, 2.45) is 16.7 Å². The first-order valence-corrected chi connectivity index (χ1v) is 4.69. The molecule has 0 saturated heterocycles. The van der Waals surface area contributed by atoms with Crippen LogP contribution in [0.5, 0.6) is 0 Å². The molecule has 1 rings (SSSR count). The van der Waals surface area contributed by atoms with Gasteiger partial charge in [0.25, 0.3) is 0 Å². The topological polar surface area (TPSA) is 74.6 Å². The predicted molar refractivity (Wildman–Crippen MR) is 57.0 cm³/mol. The minimum atomic E-state index is -0.921. The van der Waals surface area contributed by atoms with E-state index in [4.69, 9.17) is 10.2 Å². The van der Waals surface area contributed by atoms with Gasteiger partial charge >= 0.3 is 41.5 Å². The molecule has 0 unspecified atom stereocenters. The molecule has 2 N–H and O–H groups in total. The summed E-state index contributed by atoms with van der Waals surface area (Å²) in [6.07, 6.45) is 0.886. The fraction of sp³-hybridized carbons (Fsp3) is 0.800. The molecule has 0 aromatic rings. The van der Waals surface area contributed by atoms with Crippen LogP contribution in [0.15, 0.2) is 0 Å². The molecule has 5 heteroatoms. The SMILES string of the molecule is CC1(C)[C@H](C(=O)O)CC[C@]1(C)C(=O)O.[NaH]. The van der Waals surface area contributed by atoms with Gasteiger partial charge in [-0.2, -0.15) is 0 Å². The first kappa shape index (κ1) is 14.9. The number of hydrogen-bond acceptors (Lipinski definition) is 2. The summed E-state index contributed by atoms with van der Waals surface area (Å²) in [5.41, 5.74) is -1.61. The number of carboxylic acid groups (broad SMARTS) is 2. The van der Waals surface area contributed by atoms with Gasteiger partial charge in [0, 0.05) is 0 Å². The predicted octanol–water partition coefficient (Wildman–Crippen LogP) is 0.950. The molecular formula is C10H17NaO4. The van der Waals surface area contributed by atoms with E-state index in [2.05, 4.69) is 0 Å². The molecule has 1 saturated carbocycles. The van der Waals surface area contributed by atoms with Crippen molar-refractivity contribution >= 4 is 41.5 Å². The van der Waals surface area contributed by atoms with Crippen molar-refractivity contribution in [2.75, 3.05) is 0 Å². The van der Waals surface area contributed by atoms with E-state index in [9.17, 15) is 9.59 Å². The summed E-state index contributed by atoms with van der Waals surface area (Å²) in [6, 6.07) is 0. The van der Waals surface area contributed by atoms with Crippen LogP contribution in [-0.4, -0.2) is 51.7 Å². The van der Waals surface area contributed by atoms with E-state index in [0.29, 0.717) is 12.8 Å². The molecule has 2 atom stereocenters. The molecule has 15 heavy (non-hydrogen) atoms. The van der Waals surface area contributed by atoms with Crippen LogP contribution in [0, 0.1) is 16.7 Å². The van der Waals surface area contributed by atoms with Crippen LogP contribution in [0.1, 0.15) is 33.6 Å². The second-order valence-corrected chi connectivity index (χ2v) is 4.79. The fourth-order valence-corrected chi connectivity index (χ4v) is 2.32. The summed E-state index contributed by atoms with van der Waals surface area (Å²) >= 11 is 0. The Kier molecular flexibility index (Phi) is 4.42. The van der Waals surface area contributed by atoms with Crippen molar-refractivity contribution < 1.29 is 19.8 Å². The number of rotatable bonds is 2. The summed E-state index contributed by atoms with van der Waals surface area (Å²) in [5.74, 6) is -2.34. The average molecular weight is 224 g/mol. The second kappa shape index (κ2) is 4.44. The Morgan fingerprint density at radius 3 is 1.87 bits per heavy atom. The first-order valence-electron chi connectivity index (χ1n) is 4.69. The first-order chi connectivity index (χ1) is 6.23. The van der Waals surface area contributed by atoms with Gasteiger partial charge in [-0.25, -0.2) is 0 Å². The molecule has 0 radical (unpaired) electrons. The van der Waals surface area contributed by atoms with E-state index in [1.165, 1.54) is 0 Å². The van der Waals surface area contributed by atoms with E-state index < -0.39 is 28.7 Å². The summed E-state index contributed by atoms with van der Waals surface area (Å²) in [4.78, 5) is 22.0. The molecule has 0 aromatic heterocycles. The van der Waals surface area contributed by atoms with Crippen molar-refractivity contribution in [3.63, 3.8) is 0 Å². The van der Waals surface area contributed by atoms with Crippen LogP contribution in [0.3, 0.4) is 0 Å².